The van der Waals surface area contributed by atoms with Gasteiger partial charge >= 0.3 is 0 Å². The molecular formula is C20H30IN5O. The van der Waals surface area contributed by atoms with Crippen molar-refractivity contribution in [3.05, 3.63) is 54.4 Å². The minimum Gasteiger partial charge on any atom is -0.381 e. The second kappa shape index (κ2) is 11.3. The van der Waals surface area contributed by atoms with Gasteiger partial charge in [-0.3, -0.25) is 9.67 Å². The smallest absolute Gasteiger partial charge is 0.191 e. The first-order valence-corrected chi connectivity index (χ1v) is 9.38. The lowest BCUT2D eigenvalue weighted by molar-refractivity contribution is 0.0514. The Labute approximate surface area is 178 Å². The number of benzene rings is 1. The van der Waals surface area contributed by atoms with Crippen molar-refractivity contribution in [1.82, 2.24) is 20.4 Å². The molecule has 0 saturated carbocycles. The van der Waals surface area contributed by atoms with Crippen molar-refractivity contribution in [1.29, 1.82) is 0 Å². The van der Waals surface area contributed by atoms with Gasteiger partial charge in [-0.25, -0.2) is 0 Å². The van der Waals surface area contributed by atoms with Crippen molar-refractivity contribution in [2.24, 2.45) is 4.99 Å². The van der Waals surface area contributed by atoms with Crippen LogP contribution in [0.4, 0.5) is 0 Å². The van der Waals surface area contributed by atoms with E-state index in [1.165, 1.54) is 5.56 Å². The summed E-state index contributed by atoms with van der Waals surface area (Å²) >= 11 is 0. The van der Waals surface area contributed by atoms with E-state index < -0.39 is 0 Å². The van der Waals surface area contributed by atoms with Crippen LogP contribution in [0.25, 0.3) is 0 Å². The highest BCUT2D eigenvalue weighted by Gasteiger charge is 2.34. The van der Waals surface area contributed by atoms with E-state index in [0.29, 0.717) is 0 Å². The Morgan fingerprint density at radius 1 is 1.19 bits per heavy atom. The van der Waals surface area contributed by atoms with Crippen LogP contribution in [-0.4, -0.2) is 49.1 Å². The third-order valence-electron chi connectivity index (χ3n) is 5.07. The molecule has 2 aromatic rings. The van der Waals surface area contributed by atoms with Gasteiger partial charge < -0.3 is 15.4 Å². The van der Waals surface area contributed by atoms with Crippen molar-refractivity contribution >= 4 is 29.9 Å². The molecule has 7 heteroatoms. The Bertz CT molecular complexity index is 669. The topological polar surface area (TPSA) is 63.5 Å². The molecule has 0 bridgehead atoms. The van der Waals surface area contributed by atoms with E-state index in [4.69, 9.17) is 4.74 Å². The molecule has 0 unspecified atom stereocenters. The van der Waals surface area contributed by atoms with Crippen LogP contribution in [0.2, 0.25) is 0 Å². The zero-order valence-corrected chi connectivity index (χ0v) is 18.3. The van der Waals surface area contributed by atoms with Gasteiger partial charge in [-0.05, 0) is 30.9 Å². The summed E-state index contributed by atoms with van der Waals surface area (Å²) in [7, 11) is 1.82. The maximum atomic E-state index is 5.61. The number of guanidine groups is 1. The predicted molar refractivity (Wildman–Crippen MR) is 120 cm³/mol. The third-order valence-corrected chi connectivity index (χ3v) is 5.07. The standard InChI is InChI=1S/C20H29N5O.HI/c1-21-19(22-11-5-13-25-14-6-12-24-25)23-17-20(9-15-26-16-10-20)18-7-3-2-4-8-18;/h2-4,6-8,12,14H,5,9-11,13,15-17H2,1H3,(H2,21,22,23);1H. The quantitative estimate of drug-likeness (QED) is 0.275. The Morgan fingerprint density at radius 3 is 2.63 bits per heavy atom. The second-order valence-corrected chi connectivity index (χ2v) is 6.73. The molecule has 0 radical (unpaired) electrons. The molecule has 0 spiro atoms. The molecule has 1 aromatic carbocycles. The van der Waals surface area contributed by atoms with E-state index in [1.54, 1.807) is 0 Å². The largest absolute Gasteiger partial charge is 0.381 e. The lowest BCUT2D eigenvalue weighted by Gasteiger charge is -2.38. The number of hydrogen-bond acceptors (Lipinski definition) is 3. The van der Waals surface area contributed by atoms with E-state index in [0.717, 1.165) is 58.1 Å². The monoisotopic (exact) mass is 483 g/mol. The van der Waals surface area contributed by atoms with Crippen LogP contribution in [-0.2, 0) is 16.7 Å². The molecule has 1 saturated heterocycles. The Kier molecular flexibility index (Phi) is 9.06. The number of aryl methyl sites for hydroxylation is 1. The molecule has 2 heterocycles. The van der Waals surface area contributed by atoms with Crippen LogP contribution in [0.15, 0.2) is 53.8 Å². The van der Waals surface area contributed by atoms with Crippen LogP contribution in [0.1, 0.15) is 24.8 Å². The number of halogens is 1. The lowest BCUT2D eigenvalue weighted by Crippen LogP contribution is -2.48. The van der Waals surface area contributed by atoms with E-state index >= 15 is 0 Å². The molecule has 0 atom stereocenters. The number of nitrogens with zero attached hydrogens (tertiary/aromatic N) is 3. The molecule has 148 valence electrons. The van der Waals surface area contributed by atoms with Gasteiger partial charge in [-0.15, -0.1) is 24.0 Å². The second-order valence-electron chi connectivity index (χ2n) is 6.73. The zero-order chi connectivity index (χ0) is 18.1. The number of nitrogens with one attached hydrogen (secondary N) is 2. The number of ether oxygens (including phenoxy) is 1. The Hall–Kier alpha value is -1.61. The fourth-order valence-corrected chi connectivity index (χ4v) is 3.48. The Morgan fingerprint density at radius 2 is 1.96 bits per heavy atom. The van der Waals surface area contributed by atoms with Crippen LogP contribution in [0.5, 0.6) is 0 Å². The molecule has 1 aromatic heterocycles. The average molecular weight is 483 g/mol. The highest BCUT2D eigenvalue weighted by Crippen LogP contribution is 2.34. The minimum absolute atomic E-state index is 0. The summed E-state index contributed by atoms with van der Waals surface area (Å²) in [4.78, 5) is 4.37. The van der Waals surface area contributed by atoms with Crippen LogP contribution in [0, 0.1) is 0 Å². The van der Waals surface area contributed by atoms with Gasteiger partial charge in [-0.1, -0.05) is 30.3 Å². The summed E-state index contributed by atoms with van der Waals surface area (Å²) < 4.78 is 7.56. The summed E-state index contributed by atoms with van der Waals surface area (Å²) in [6, 6.07) is 12.7. The fraction of sp³-hybridized carbons (Fsp3) is 0.500. The first-order chi connectivity index (χ1) is 12.8. The lowest BCUT2D eigenvalue weighted by atomic mass is 9.74. The maximum Gasteiger partial charge on any atom is 0.191 e. The van der Waals surface area contributed by atoms with Gasteiger partial charge in [0.25, 0.3) is 0 Å². The summed E-state index contributed by atoms with van der Waals surface area (Å²) in [6.45, 7) is 4.25. The van der Waals surface area contributed by atoms with Gasteiger partial charge in [0.1, 0.15) is 0 Å². The van der Waals surface area contributed by atoms with Gasteiger partial charge in [0, 0.05) is 57.7 Å². The molecule has 1 aliphatic rings. The summed E-state index contributed by atoms with van der Waals surface area (Å²) in [5.74, 6) is 0.854. The highest BCUT2D eigenvalue weighted by atomic mass is 127. The number of aliphatic imine (C=N–C) groups is 1. The van der Waals surface area contributed by atoms with Gasteiger partial charge in [0.05, 0.1) is 0 Å². The minimum atomic E-state index is 0. The molecule has 1 fully saturated rings. The summed E-state index contributed by atoms with van der Waals surface area (Å²) in [6.07, 6.45) is 6.85. The van der Waals surface area contributed by atoms with Crippen molar-refractivity contribution in [2.45, 2.75) is 31.2 Å². The molecule has 1 aliphatic heterocycles. The Balaban J connectivity index is 0.00000261. The van der Waals surface area contributed by atoms with Crippen molar-refractivity contribution in [2.75, 3.05) is 33.4 Å². The van der Waals surface area contributed by atoms with Crippen molar-refractivity contribution < 1.29 is 4.74 Å². The van der Waals surface area contributed by atoms with Crippen LogP contribution in [0.3, 0.4) is 0 Å². The van der Waals surface area contributed by atoms with E-state index in [2.05, 4.69) is 51.1 Å². The van der Waals surface area contributed by atoms with Gasteiger partial charge in [-0.2, -0.15) is 5.10 Å². The molecule has 0 amide bonds. The van der Waals surface area contributed by atoms with Gasteiger partial charge in [0.2, 0.25) is 0 Å². The highest BCUT2D eigenvalue weighted by molar-refractivity contribution is 14.0. The number of rotatable bonds is 7. The number of aromatic nitrogens is 2. The van der Waals surface area contributed by atoms with Crippen LogP contribution < -0.4 is 10.6 Å². The normalized spacial score (nSPS) is 16.4. The summed E-state index contributed by atoms with van der Waals surface area (Å²) in [5, 5.41) is 11.2. The first kappa shape index (κ1) is 21.7. The van der Waals surface area contributed by atoms with Gasteiger partial charge in [0.15, 0.2) is 5.96 Å². The third kappa shape index (κ3) is 6.21. The SMILES string of the molecule is CN=C(NCCCn1cccn1)NCC1(c2ccccc2)CCOCC1.I. The molecule has 27 heavy (non-hydrogen) atoms. The maximum absolute atomic E-state index is 5.61. The van der Waals surface area contributed by atoms with E-state index in [-0.39, 0.29) is 29.4 Å². The molecule has 2 N–H and O–H groups in total. The van der Waals surface area contributed by atoms with E-state index in [1.807, 2.05) is 30.2 Å². The molecule has 3 rings (SSSR count). The average Bonchev–Trinajstić information content (AvgIpc) is 3.22. The predicted octanol–water partition coefficient (Wildman–Crippen LogP) is 2.80. The van der Waals surface area contributed by atoms with Crippen LogP contribution >= 0.6 is 24.0 Å². The number of hydrogen-bond donors (Lipinski definition) is 2. The molecule has 6 nitrogen and oxygen atoms in total. The molecular weight excluding hydrogens is 453 g/mol. The van der Waals surface area contributed by atoms with Crippen molar-refractivity contribution in [3.63, 3.8) is 0 Å². The fourth-order valence-electron chi connectivity index (χ4n) is 3.48. The zero-order valence-electron chi connectivity index (χ0n) is 15.9. The van der Waals surface area contributed by atoms with Crippen molar-refractivity contribution in [3.8, 4) is 0 Å². The molecule has 0 aliphatic carbocycles. The summed E-state index contributed by atoms with van der Waals surface area (Å²) in [5.41, 5.74) is 1.48. The van der Waals surface area contributed by atoms with E-state index in [9.17, 15) is 0 Å². The first-order valence-electron chi connectivity index (χ1n) is 9.38.